The number of amides is 1. The molecule has 1 aliphatic rings. The third-order valence-electron chi connectivity index (χ3n) is 3.43. The molecule has 1 aromatic carbocycles. The van der Waals surface area contributed by atoms with Gasteiger partial charge in [0.2, 0.25) is 0 Å². The van der Waals surface area contributed by atoms with Crippen molar-refractivity contribution in [2.45, 2.75) is 6.42 Å². The molecule has 0 aromatic heterocycles. The highest BCUT2D eigenvalue weighted by Crippen LogP contribution is 2.09. The lowest BCUT2D eigenvalue weighted by atomic mass is 10.1. The second kappa shape index (κ2) is 9.94. The van der Waals surface area contributed by atoms with E-state index in [4.69, 9.17) is 5.73 Å². The van der Waals surface area contributed by atoms with Crippen molar-refractivity contribution in [3.8, 4) is 0 Å². The maximum absolute atomic E-state index is 11.6. The lowest BCUT2D eigenvalue weighted by Gasteiger charge is -2.27. The van der Waals surface area contributed by atoms with Crippen molar-refractivity contribution in [1.29, 1.82) is 0 Å². The molecule has 122 valence electrons. The Hall–Kier alpha value is -0.960. The van der Waals surface area contributed by atoms with Crippen LogP contribution in [0.25, 0.3) is 0 Å². The van der Waals surface area contributed by atoms with Gasteiger partial charge in [-0.05, 0) is 24.1 Å². The number of carbonyl (C=O) groups is 1. The van der Waals surface area contributed by atoms with Gasteiger partial charge in [-0.1, -0.05) is 12.1 Å². The quantitative estimate of drug-likeness (QED) is 0.429. The first-order valence-electron chi connectivity index (χ1n) is 7.14. The average Bonchev–Trinajstić information content (AvgIpc) is 2.55. The fourth-order valence-electron chi connectivity index (χ4n) is 2.20. The van der Waals surface area contributed by atoms with E-state index in [0.29, 0.717) is 18.1 Å². The van der Waals surface area contributed by atoms with Crippen LogP contribution in [0.1, 0.15) is 15.9 Å². The van der Waals surface area contributed by atoms with Crippen LogP contribution < -0.4 is 11.1 Å². The van der Waals surface area contributed by atoms with Crippen molar-refractivity contribution in [1.82, 2.24) is 10.2 Å². The number of rotatable bonds is 4. The summed E-state index contributed by atoms with van der Waals surface area (Å²) in [5.74, 6) is 2.80. The molecule has 1 aliphatic heterocycles. The zero-order valence-corrected chi connectivity index (χ0v) is 15.9. The van der Waals surface area contributed by atoms with Gasteiger partial charge in [0.05, 0.1) is 0 Å². The van der Waals surface area contributed by atoms with Crippen molar-refractivity contribution < 1.29 is 4.79 Å². The largest absolute Gasteiger partial charge is 0.370 e. The van der Waals surface area contributed by atoms with Gasteiger partial charge >= 0.3 is 0 Å². The van der Waals surface area contributed by atoms with Crippen LogP contribution in [0, 0.1) is 0 Å². The molecule has 0 aliphatic carbocycles. The average molecular weight is 434 g/mol. The van der Waals surface area contributed by atoms with Gasteiger partial charge in [-0.15, -0.1) is 24.0 Å². The fourth-order valence-corrected chi connectivity index (χ4v) is 3.11. The number of carbonyl (C=O) groups excluding carboxylic acids is 1. The summed E-state index contributed by atoms with van der Waals surface area (Å²) >= 11 is 1.95. The standard InChI is InChI=1S/C15H22N4OS.HI/c1-17-14(20)13-4-2-3-12(11-13)5-6-18-15(16)19-7-9-21-10-8-19;/h2-4,11H,5-10H2,1H3,(H2,16,18)(H,17,20);1H. The van der Waals surface area contributed by atoms with Gasteiger partial charge < -0.3 is 16.0 Å². The Morgan fingerprint density at radius 1 is 1.41 bits per heavy atom. The first-order valence-corrected chi connectivity index (χ1v) is 8.30. The predicted octanol–water partition coefficient (Wildman–Crippen LogP) is 1.57. The smallest absolute Gasteiger partial charge is 0.251 e. The third-order valence-corrected chi connectivity index (χ3v) is 4.37. The minimum atomic E-state index is -0.0642. The van der Waals surface area contributed by atoms with E-state index in [2.05, 4.69) is 15.2 Å². The van der Waals surface area contributed by atoms with Crippen molar-refractivity contribution in [2.75, 3.05) is 38.2 Å². The maximum atomic E-state index is 11.6. The molecular weight excluding hydrogens is 411 g/mol. The molecule has 1 amide bonds. The number of hydrogen-bond acceptors (Lipinski definition) is 3. The summed E-state index contributed by atoms with van der Waals surface area (Å²) in [5.41, 5.74) is 7.79. The number of nitrogens with two attached hydrogens (primary N) is 1. The summed E-state index contributed by atoms with van der Waals surface area (Å²) in [4.78, 5) is 18.2. The van der Waals surface area contributed by atoms with Gasteiger partial charge in [0.25, 0.3) is 5.91 Å². The van der Waals surface area contributed by atoms with E-state index in [9.17, 15) is 4.79 Å². The van der Waals surface area contributed by atoms with Crippen LogP contribution in [0.5, 0.6) is 0 Å². The zero-order valence-electron chi connectivity index (χ0n) is 12.7. The number of benzene rings is 1. The minimum absolute atomic E-state index is 0. The number of hydrogen-bond donors (Lipinski definition) is 2. The Kier molecular flexibility index (Phi) is 8.62. The summed E-state index contributed by atoms with van der Waals surface area (Å²) in [5, 5.41) is 2.63. The molecule has 0 spiro atoms. The van der Waals surface area contributed by atoms with Crippen LogP contribution in [0.3, 0.4) is 0 Å². The molecule has 1 saturated heterocycles. The Balaban J connectivity index is 0.00000242. The summed E-state index contributed by atoms with van der Waals surface area (Å²) in [6, 6.07) is 7.62. The van der Waals surface area contributed by atoms with Gasteiger partial charge in [-0.25, -0.2) is 0 Å². The maximum Gasteiger partial charge on any atom is 0.251 e. The molecule has 22 heavy (non-hydrogen) atoms. The molecule has 1 aromatic rings. The van der Waals surface area contributed by atoms with Crippen molar-refractivity contribution in [3.63, 3.8) is 0 Å². The summed E-state index contributed by atoms with van der Waals surface area (Å²) in [7, 11) is 1.64. The van der Waals surface area contributed by atoms with Crippen molar-refractivity contribution >= 4 is 47.6 Å². The molecule has 0 unspecified atom stereocenters. The third kappa shape index (κ3) is 5.68. The highest BCUT2D eigenvalue weighted by molar-refractivity contribution is 14.0. The lowest BCUT2D eigenvalue weighted by molar-refractivity contribution is 0.0963. The SMILES string of the molecule is CNC(=O)c1cccc(CCN=C(N)N2CCSCC2)c1.I. The van der Waals surface area contributed by atoms with Crippen molar-refractivity contribution in [3.05, 3.63) is 35.4 Å². The number of nitrogens with zero attached hydrogens (tertiary/aromatic N) is 2. The molecule has 2 rings (SSSR count). The van der Waals surface area contributed by atoms with Crippen LogP contribution in [-0.4, -0.2) is 55.0 Å². The van der Waals surface area contributed by atoms with E-state index in [1.165, 1.54) is 0 Å². The van der Waals surface area contributed by atoms with Gasteiger partial charge in [-0.2, -0.15) is 11.8 Å². The van der Waals surface area contributed by atoms with Gasteiger partial charge in [0.1, 0.15) is 0 Å². The van der Waals surface area contributed by atoms with Gasteiger partial charge in [-0.3, -0.25) is 9.79 Å². The molecule has 1 heterocycles. The van der Waals surface area contributed by atoms with Gasteiger partial charge in [0, 0.05) is 43.8 Å². The van der Waals surface area contributed by atoms with Crippen LogP contribution in [-0.2, 0) is 6.42 Å². The predicted molar refractivity (Wildman–Crippen MR) is 104 cm³/mol. The second-order valence-corrected chi connectivity index (χ2v) is 6.09. The molecule has 0 atom stereocenters. The lowest BCUT2D eigenvalue weighted by Crippen LogP contribution is -2.42. The fraction of sp³-hybridized carbons (Fsp3) is 0.467. The summed E-state index contributed by atoms with van der Waals surface area (Å²) in [6.45, 7) is 2.60. The first-order chi connectivity index (χ1) is 10.2. The number of nitrogens with one attached hydrogen (secondary N) is 1. The monoisotopic (exact) mass is 434 g/mol. The number of aliphatic imine (C=N–C) groups is 1. The van der Waals surface area contributed by atoms with E-state index in [0.717, 1.165) is 36.6 Å². The first kappa shape index (κ1) is 19.1. The molecular formula is C15H23IN4OS. The van der Waals surface area contributed by atoms with E-state index >= 15 is 0 Å². The van der Waals surface area contributed by atoms with Crippen LogP contribution >= 0.6 is 35.7 Å². The van der Waals surface area contributed by atoms with Crippen LogP contribution in [0.15, 0.2) is 29.3 Å². The molecule has 1 fully saturated rings. The number of halogens is 1. The van der Waals surface area contributed by atoms with E-state index < -0.39 is 0 Å². The Morgan fingerprint density at radius 2 is 2.14 bits per heavy atom. The normalized spacial score (nSPS) is 15.1. The van der Waals surface area contributed by atoms with Crippen LogP contribution in [0.2, 0.25) is 0 Å². The molecule has 3 N–H and O–H groups in total. The Bertz CT molecular complexity index is 518. The topological polar surface area (TPSA) is 70.7 Å². The highest BCUT2D eigenvalue weighted by atomic mass is 127. The number of guanidine groups is 1. The van der Waals surface area contributed by atoms with E-state index in [1.807, 2.05) is 36.0 Å². The minimum Gasteiger partial charge on any atom is -0.370 e. The molecule has 0 saturated carbocycles. The van der Waals surface area contributed by atoms with E-state index in [-0.39, 0.29) is 29.9 Å². The zero-order chi connectivity index (χ0) is 15.1. The molecule has 0 bridgehead atoms. The molecule has 5 nitrogen and oxygen atoms in total. The highest BCUT2D eigenvalue weighted by Gasteiger charge is 2.11. The molecule has 7 heteroatoms. The number of thioether (sulfide) groups is 1. The molecule has 0 radical (unpaired) electrons. The Morgan fingerprint density at radius 3 is 2.82 bits per heavy atom. The second-order valence-electron chi connectivity index (χ2n) is 4.87. The van der Waals surface area contributed by atoms with Gasteiger partial charge in [0.15, 0.2) is 5.96 Å². The van der Waals surface area contributed by atoms with Crippen molar-refractivity contribution in [2.24, 2.45) is 10.7 Å². The Labute approximate surface area is 153 Å². The summed E-state index contributed by atoms with van der Waals surface area (Å²) in [6.07, 6.45) is 0.786. The van der Waals surface area contributed by atoms with Crippen LogP contribution in [0.4, 0.5) is 0 Å². The summed E-state index contributed by atoms with van der Waals surface area (Å²) < 4.78 is 0. The van der Waals surface area contributed by atoms with E-state index in [1.54, 1.807) is 7.05 Å².